The molecule has 1 saturated heterocycles. The molecule has 5 nitrogen and oxygen atoms in total. The SMILES string of the molecule is CC(C)N1CCCC1CNc1ncccc1C(=O)N(C)C. The van der Waals surface area contributed by atoms with Crippen LogP contribution in [0.15, 0.2) is 18.3 Å². The maximum atomic E-state index is 12.2. The van der Waals surface area contributed by atoms with E-state index in [1.807, 2.05) is 6.07 Å². The lowest BCUT2D eigenvalue weighted by Gasteiger charge is -2.28. The van der Waals surface area contributed by atoms with Crippen LogP contribution in [0.3, 0.4) is 0 Å². The molecule has 1 aromatic rings. The third-order valence-corrected chi connectivity index (χ3v) is 4.04. The zero-order valence-electron chi connectivity index (χ0n) is 13.5. The number of rotatable bonds is 5. The third-order valence-electron chi connectivity index (χ3n) is 4.04. The first kappa shape index (κ1) is 15.8. The summed E-state index contributed by atoms with van der Waals surface area (Å²) in [6, 6.07) is 4.71. The summed E-state index contributed by atoms with van der Waals surface area (Å²) < 4.78 is 0. The van der Waals surface area contributed by atoms with Crippen LogP contribution in [0.25, 0.3) is 0 Å². The number of hydrogen-bond donors (Lipinski definition) is 1. The van der Waals surface area contributed by atoms with E-state index in [0.717, 1.165) is 13.1 Å². The van der Waals surface area contributed by atoms with Gasteiger partial charge in [-0.3, -0.25) is 9.69 Å². The summed E-state index contributed by atoms with van der Waals surface area (Å²) in [7, 11) is 3.52. The molecule has 1 fully saturated rings. The zero-order valence-corrected chi connectivity index (χ0v) is 13.5. The van der Waals surface area contributed by atoms with Crippen molar-refractivity contribution in [2.45, 2.75) is 38.8 Å². The van der Waals surface area contributed by atoms with E-state index in [9.17, 15) is 4.79 Å². The van der Waals surface area contributed by atoms with Crippen molar-refractivity contribution in [2.75, 3.05) is 32.5 Å². The number of nitrogens with zero attached hydrogens (tertiary/aromatic N) is 3. The van der Waals surface area contributed by atoms with Gasteiger partial charge in [-0.1, -0.05) is 0 Å². The predicted octanol–water partition coefficient (Wildman–Crippen LogP) is 2.07. The Kier molecular flexibility index (Phi) is 5.17. The number of nitrogens with one attached hydrogen (secondary N) is 1. The van der Waals surface area contributed by atoms with E-state index in [1.54, 1.807) is 31.3 Å². The molecule has 0 aliphatic carbocycles. The maximum absolute atomic E-state index is 12.2. The number of likely N-dealkylation sites (tertiary alicyclic amines) is 1. The van der Waals surface area contributed by atoms with Crippen molar-refractivity contribution in [3.05, 3.63) is 23.9 Å². The normalized spacial score (nSPS) is 19.0. The maximum Gasteiger partial charge on any atom is 0.257 e. The second-order valence-corrected chi connectivity index (χ2v) is 6.11. The van der Waals surface area contributed by atoms with Crippen LogP contribution < -0.4 is 5.32 Å². The Balaban J connectivity index is 2.05. The Labute approximate surface area is 127 Å². The summed E-state index contributed by atoms with van der Waals surface area (Å²) in [6.07, 6.45) is 4.18. The van der Waals surface area contributed by atoms with Gasteiger partial charge in [-0.15, -0.1) is 0 Å². The van der Waals surface area contributed by atoms with Crippen LogP contribution in [-0.4, -0.2) is 60.0 Å². The van der Waals surface area contributed by atoms with Gasteiger partial charge in [0.25, 0.3) is 5.91 Å². The number of carbonyl (C=O) groups is 1. The summed E-state index contributed by atoms with van der Waals surface area (Å²) in [5, 5.41) is 3.38. The second kappa shape index (κ2) is 6.89. The zero-order chi connectivity index (χ0) is 15.4. The van der Waals surface area contributed by atoms with Gasteiger partial charge in [0.2, 0.25) is 0 Å². The monoisotopic (exact) mass is 290 g/mol. The summed E-state index contributed by atoms with van der Waals surface area (Å²) in [6.45, 7) is 6.47. The Morgan fingerprint density at radius 1 is 1.52 bits per heavy atom. The molecule has 21 heavy (non-hydrogen) atoms. The largest absolute Gasteiger partial charge is 0.368 e. The van der Waals surface area contributed by atoms with Gasteiger partial charge in [0.15, 0.2) is 0 Å². The van der Waals surface area contributed by atoms with Crippen molar-refractivity contribution < 1.29 is 4.79 Å². The van der Waals surface area contributed by atoms with Gasteiger partial charge in [0.1, 0.15) is 5.82 Å². The topological polar surface area (TPSA) is 48.5 Å². The molecule has 0 saturated carbocycles. The molecule has 1 N–H and O–H groups in total. The average Bonchev–Trinajstić information content (AvgIpc) is 2.93. The van der Waals surface area contributed by atoms with Gasteiger partial charge < -0.3 is 10.2 Å². The minimum Gasteiger partial charge on any atom is -0.368 e. The van der Waals surface area contributed by atoms with E-state index in [0.29, 0.717) is 23.5 Å². The summed E-state index contributed by atoms with van der Waals surface area (Å²) >= 11 is 0. The Morgan fingerprint density at radius 3 is 2.95 bits per heavy atom. The summed E-state index contributed by atoms with van der Waals surface area (Å²) in [4.78, 5) is 20.6. The third kappa shape index (κ3) is 3.73. The molecule has 1 amide bonds. The molecule has 5 heteroatoms. The molecule has 2 heterocycles. The highest BCUT2D eigenvalue weighted by molar-refractivity contribution is 5.98. The molecule has 0 aromatic carbocycles. The van der Waals surface area contributed by atoms with Gasteiger partial charge in [-0.2, -0.15) is 0 Å². The molecule has 0 radical (unpaired) electrons. The smallest absolute Gasteiger partial charge is 0.257 e. The van der Waals surface area contributed by atoms with Gasteiger partial charge in [0, 0.05) is 38.9 Å². The Hall–Kier alpha value is -1.62. The highest BCUT2D eigenvalue weighted by atomic mass is 16.2. The summed E-state index contributed by atoms with van der Waals surface area (Å²) in [5.41, 5.74) is 0.636. The van der Waals surface area contributed by atoms with E-state index >= 15 is 0 Å². The molecule has 1 atom stereocenters. The second-order valence-electron chi connectivity index (χ2n) is 6.11. The number of aromatic nitrogens is 1. The van der Waals surface area contributed by atoms with Crippen LogP contribution in [0, 0.1) is 0 Å². The molecular formula is C16H26N4O. The molecule has 116 valence electrons. The minimum absolute atomic E-state index is 0.0160. The molecule has 1 aliphatic heterocycles. The van der Waals surface area contributed by atoms with Crippen molar-refractivity contribution in [3.8, 4) is 0 Å². The highest BCUT2D eigenvalue weighted by Crippen LogP contribution is 2.21. The fourth-order valence-corrected chi connectivity index (χ4v) is 2.93. The molecule has 0 bridgehead atoms. The van der Waals surface area contributed by atoms with E-state index < -0.39 is 0 Å². The van der Waals surface area contributed by atoms with Crippen molar-refractivity contribution in [2.24, 2.45) is 0 Å². The first-order chi connectivity index (χ1) is 10.0. The lowest BCUT2D eigenvalue weighted by molar-refractivity contribution is 0.0828. The van der Waals surface area contributed by atoms with Crippen molar-refractivity contribution >= 4 is 11.7 Å². The van der Waals surface area contributed by atoms with Gasteiger partial charge in [-0.05, 0) is 45.4 Å². The van der Waals surface area contributed by atoms with Crippen LogP contribution in [0.4, 0.5) is 5.82 Å². The number of anilines is 1. The lowest BCUT2D eigenvalue weighted by atomic mass is 10.2. The quantitative estimate of drug-likeness (QED) is 0.902. The summed E-state index contributed by atoms with van der Waals surface area (Å²) in [5.74, 6) is 0.671. The van der Waals surface area contributed by atoms with E-state index in [-0.39, 0.29) is 5.91 Å². The van der Waals surface area contributed by atoms with Crippen LogP contribution in [-0.2, 0) is 0 Å². The lowest BCUT2D eigenvalue weighted by Crippen LogP contribution is -2.39. The molecular weight excluding hydrogens is 264 g/mol. The fraction of sp³-hybridized carbons (Fsp3) is 0.625. The first-order valence-electron chi connectivity index (χ1n) is 7.67. The van der Waals surface area contributed by atoms with E-state index in [2.05, 4.69) is 29.0 Å². The van der Waals surface area contributed by atoms with E-state index in [4.69, 9.17) is 0 Å². The fourth-order valence-electron chi connectivity index (χ4n) is 2.93. The standard InChI is InChI=1S/C16H26N4O/c1-12(2)20-10-6-7-13(20)11-18-15-14(8-5-9-17-15)16(21)19(3)4/h5,8-9,12-13H,6-7,10-11H2,1-4H3,(H,17,18). The van der Waals surface area contributed by atoms with Crippen LogP contribution >= 0.6 is 0 Å². The Morgan fingerprint density at radius 2 is 2.29 bits per heavy atom. The van der Waals surface area contributed by atoms with Crippen LogP contribution in [0.5, 0.6) is 0 Å². The number of pyridine rings is 1. The Bertz CT molecular complexity index is 487. The van der Waals surface area contributed by atoms with Gasteiger partial charge in [0.05, 0.1) is 5.56 Å². The van der Waals surface area contributed by atoms with E-state index in [1.165, 1.54) is 12.8 Å². The number of amides is 1. The number of hydrogen-bond acceptors (Lipinski definition) is 4. The molecule has 1 aliphatic rings. The number of carbonyl (C=O) groups excluding carboxylic acids is 1. The minimum atomic E-state index is -0.0160. The highest BCUT2D eigenvalue weighted by Gasteiger charge is 2.26. The molecule has 0 spiro atoms. The van der Waals surface area contributed by atoms with Gasteiger partial charge in [-0.25, -0.2) is 4.98 Å². The van der Waals surface area contributed by atoms with Gasteiger partial charge >= 0.3 is 0 Å². The first-order valence-corrected chi connectivity index (χ1v) is 7.67. The van der Waals surface area contributed by atoms with Crippen LogP contribution in [0.2, 0.25) is 0 Å². The van der Waals surface area contributed by atoms with Crippen molar-refractivity contribution in [3.63, 3.8) is 0 Å². The van der Waals surface area contributed by atoms with Crippen molar-refractivity contribution in [1.29, 1.82) is 0 Å². The van der Waals surface area contributed by atoms with Crippen molar-refractivity contribution in [1.82, 2.24) is 14.8 Å². The molecule has 1 unspecified atom stereocenters. The van der Waals surface area contributed by atoms with Crippen LogP contribution in [0.1, 0.15) is 37.0 Å². The average molecular weight is 290 g/mol. The molecule has 1 aromatic heterocycles. The molecule has 2 rings (SSSR count). The predicted molar refractivity (Wildman–Crippen MR) is 85.6 cm³/mol.